The van der Waals surface area contributed by atoms with E-state index in [0.717, 1.165) is 46.7 Å². The number of morpholine rings is 1. The highest BCUT2D eigenvalue weighted by Crippen LogP contribution is 2.29. The number of rotatable bonds is 5. The molecule has 4 aromatic rings. The van der Waals surface area contributed by atoms with Crippen LogP contribution in [0.3, 0.4) is 0 Å². The molecule has 36 heavy (non-hydrogen) atoms. The molecule has 0 spiro atoms. The third-order valence-electron chi connectivity index (χ3n) is 6.32. The summed E-state index contributed by atoms with van der Waals surface area (Å²) in [5.74, 6) is 0.102. The van der Waals surface area contributed by atoms with Gasteiger partial charge in [-0.25, -0.2) is 9.50 Å². The Kier molecular flexibility index (Phi) is 6.21. The Morgan fingerprint density at radius 1 is 1.25 bits per heavy atom. The Morgan fingerprint density at radius 3 is 2.81 bits per heavy atom. The van der Waals surface area contributed by atoms with Crippen LogP contribution in [0.25, 0.3) is 16.8 Å². The van der Waals surface area contributed by atoms with Crippen LogP contribution < -0.4 is 10.2 Å². The van der Waals surface area contributed by atoms with Gasteiger partial charge < -0.3 is 19.5 Å². The van der Waals surface area contributed by atoms with E-state index in [9.17, 15) is 4.79 Å². The van der Waals surface area contributed by atoms with E-state index >= 15 is 0 Å². The molecule has 1 atom stereocenters. The number of anilines is 1. The van der Waals surface area contributed by atoms with E-state index in [2.05, 4.69) is 49.5 Å². The first-order valence-corrected chi connectivity index (χ1v) is 12.1. The summed E-state index contributed by atoms with van der Waals surface area (Å²) in [6.07, 6.45) is 3.82. The lowest BCUT2D eigenvalue weighted by Crippen LogP contribution is -2.40. The minimum Gasteiger partial charge on any atom is -0.375 e. The maximum absolute atomic E-state index is 12.5. The minimum absolute atomic E-state index is 0.0382. The van der Waals surface area contributed by atoms with Crippen molar-refractivity contribution in [2.75, 3.05) is 24.6 Å². The van der Waals surface area contributed by atoms with E-state index in [1.165, 1.54) is 0 Å². The molecule has 1 aliphatic rings. The number of benzene rings is 1. The van der Waals surface area contributed by atoms with Crippen LogP contribution in [0.4, 0.5) is 5.69 Å². The second-order valence-corrected chi connectivity index (χ2v) is 10.3. The Balaban J connectivity index is 1.33. The molecule has 0 unspecified atom stereocenters. The van der Waals surface area contributed by atoms with Crippen molar-refractivity contribution in [2.45, 2.75) is 52.7 Å². The van der Waals surface area contributed by atoms with Gasteiger partial charge in [-0.15, -0.1) is 0 Å². The summed E-state index contributed by atoms with van der Waals surface area (Å²) < 4.78 is 12.8. The Labute approximate surface area is 209 Å². The molecule has 10 nitrogen and oxygen atoms in total. The predicted octanol–water partition coefficient (Wildman–Crippen LogP) is 3.54. The zero-order chi connectivity index (χ0) is 25.4. The maximum atomic E-state index is 12.5. The average molecular weight is 490 g/mol. The number of hydrogen-bond donors (Lipinski definition) is 1. The molecule has 188 valence electrons. The molecule has 0 saturated carbocycles. The van der Waals surface area contributed by atoms with E-state index in [1.54, 1.807) is 6.33 Å². The van der Waals surface area contributed by atoms with Gasteiger partial charge in [-0.3, -0.25) is 4.79 Å². The monoisotopic (exact) mass is 489 g/mol. The molecule has 5 rings (SSSR count). The number of ether oxygens (including phenoxy) is 1. The lowest BCUT2D eigenvalue weighted by molar-refractivity contribution is 0.0532. The molecule has 1 fully saturated rings. The van der Waals surface area contributed by atoms with Gasteiger partial charge in [-0.1, -0.05) is 38.1 Å². The fourth-order valence-electron chi connectivity index (χ4n) is 4.28. The number of aryl methyl sites for hydroxylation is 1. The SMILES string of the molecule is Cc1cc(-c2ncnn3cc(N4CCO[C@@H](C)C4)cc23)ccc1CNC(=O)c1noc(C(C)(C)C)n1. The molecule has 0 bridgehead atoms. The van der Waals surface area contributed by atoms with E-state index in [1.807, 2.05) is 50.5 Å². The van der Waals surface area contributed by atoms with Crippen molar-refractivity contribution in [2.24, 2.45) is 0 Å². The van der Waals surface area contributed by atoms with Gasteiger partial charge in [0.25, 0.3) is 11.7 Å². The van der Waals surface area contributed by atoms with Crippen molar-refractivity contribution in [1.82, 2.24) is 30.1 Å². The number of nitrogens with zero attached hydrogens (tertiary/aromatic N) is 6. The van der Waals surface area contributed by atoms with Gasteiger partial charge in [-0.2, -0.15) is 10.1 Å². The summed E-state index contributed by atoms with van der Waals surface area (Å²) in [5.41, 5.74) is 5.63. The number of amides is 1. The van der Waals surface area contributed by atoms with Crippen LogP contribution in [-0.2, 0) is 16.7 Å². The Morgan fingerprint density at radius 2 is 2.08 bits per heavy atom. The first-order valence-electron chi connectivity index (χ1n) is 12.1. The molecule has 1 N–H and O–H groups in total. The number of carbonyl (C=O) groups is 1. The third kappa shape index (κ3) is 4.81. The molecule has 0 radical (unpaired) electrons. The van der Waals surface area contributed by atoms with Crippen LogP contribution in [0, 0.1) is 6.92 Å². The van der Waals surface area contributed by atoms with Crippen LogP contribution >= 0.6 is 0 Å². The standard InChI is InChI=1S/C26H31N7O3/c1-16-10-18(6-7-19(16)12-27-24(34)23-30-25(36-31-23)26(3,4)5)22-21-11-20(14-33(21)29-15-28-22)32-8-9-35-17(2)13-32/h6-7,10-11,14-15,17H,8-9,12-13H2,1-5H3,(H,27,34)/t17-/m0/s1. The first kappa shape index (κ1) is 23.9. The molecule has 4 heterocycles. The molecule has 1 aromatic carbocycles. The number of hydrogen-bond acceptors (Lipinski definition) is 8. The average Bonchev–Trinajstić information content (AvgIpc) is 3.51. The van der Waals surface area contributed by atoms with E-state index < -0.39 is 0 Å². The fourth-order valence-corrected chi connectivity index (χ4v) is 4.28. The van der Waals surface area contributed by atoms with Crippen molar-refractivity contribution in [3.05, 3.63) is 59.6 Å². The van der Waals surface area contributed by atoms with Crippen LogP contribution in [0.5, 0.6) is 0 Å². The van der Waals surface area contributed by atoms with Crippen LogP contribution in [0.15, 0.2) is 41.3 Å². The van der Waals surface area contributed by atoms with Gasteiger partial charge in [0, 0.05) is 30.6 Å². The molecule has 1 amide bonds. The van der Waals surface area contributed by atoms with Gasteiger partial charge in [0.05, 0.1) is 35.8 Å². The minimum atomic E-state index is -0.367. The summed E-state index contributed by atoms with van der Waals surface area (Å²) in [4.78, 5) is 23.7. The smallest absolute Gasteiger partial charge is 0.292 e. The fraction of sp³-hybridized carbons (Fsp3) is 0.423. The normalized spacial score (nSPS) is 16.5. The highest BCUT2D eigenvalue weighted by Gasteiger charge is 2.24. The summed E-state index contributed by atoms with van der Waals surface area (Å²) in [5, 5.41) is 11.1. The molecule has 3 aromatic heterocycles. The second-order valence-electron chi connectivity index (χ2n) is 10.3. The Hall–Kier alpha value is -3.79. The molecule has 1 saturated heterocycles. The van der Waals surface area contributed by atoms with E-state index in [0.29, 0.717) is 19.0 Å². The Bertz CT molecular complexity index is 1400. The van der Waals surface area contributed by atoms with Gasteiger partial charge in [0.2, 0.25) is 5.89 Å². The highest BCUT2D eigenvalue weighted by atomic mass is 16.5. The second kappa shape index (κ2) is 9.34. The number of fused-ring (bicyclic) bond motifs is 1. The van der Waals surface area contributed by atoms with Gasteiger partial charge >= 0.3 is 0 Å². The van der Waals surface area contributed by atoms with Crippen molar-refractivity contribution < 1.29 is 14.1 Å². The predicted molar refractivity (Wildman–Crippen MR) is 135 cm³/mol. The molecule has 1 aliphatic heterocycles. The van der Waals surface area contributed by atoms with E-state index in [4.69, 9.17) is 9.26 Å². The largest absolute Gasteiger partial charge is 0.375 e. The zero-order valence-electron chi connectivity index (χ0n) is 21.3. The summed E-state index contributed by atoms with van der Waals surface area (Å²) in [7, 11) is 0. The van der Waals surface area contributed by atoms with Gasteiger partial charge in [0.15, 0.2) is 0 Å². The topological polar surface area (TPSA) is 111 Å². The number of nitrogens with one attached hydrogen (secondary N) is 1. The van der Waals surface area contributed by atoms with Gasteiger partial charge in [-0.05, 0) is 37.1 Å². The van der Waals surface area contributed by atoms with Crippen molar-refractivity contribution in [3.8, 4) is 11.3 Å². The van der Waals surface area contributed by atoms with Crippen molar-refractivity contribution in [3.63, 3.8) is 0 Å². The summed E-state index contributed by atoms with van der Waals surface area (Å²) >= 11 is 0. The summed E-state index contributed by atoms with van der Waals surface area (Å²) in [6, 6.07) is 8.24. The lowest BCUT2D eigenvalue weighted by atomic mass is 9.97. The van der Waals surface area contributed by atoms with E-state index in [-0.39, 0.29) is 23.3 Å². The van der Waals surface area contributed by atoms with Crippen molar-refractivity contribution >= 4 is 17.1 Å². The lowest BCUT2D eigenvalue weighted by Gasteiger charge is -2.31. The third-order valence-corrected chi connectivity index (χ3v) is 6.32. The zero-order valence-corrected chi connectivity index (χ0v) is 21.3. The van der Waals surface area contributed by atoms with Crippen LogP contribution in [-0.4, -0.2) is 56.4 Å². The first-order chi connectivity index (χ1) is 17.2. The quantitative estimate of drug-likeness (QED) is 0.453. The van der Waals surface area contributed by atoms with Crippen molar-refractivity contribution in [1.29, 1.82) is 0 Å². The molecular formula is C26H31N7O3. The maximum Gasteiger partial charge on any atom is 0.292 e. The highest BCUT2D eigenvalue weighted by molar-refractivity contribution is 5.90. The van der Waals surface area contributed by atoms with Gasteiger partial charge in [0.1, 0.15) is 6.33 Å². The molecule has 0 aliphatic carbocycles. The summed E-state index contributed by atoms with van der Waals surface area (Å²) in [6.45, 7) is 12.7. The van der Waals surface area contributed by atoms with Crippen LogP contribution in [0.1, 0.15) is 55.3 Å². The molecular weight excluding hydrogens is 458 g/mol. The number of aromatic nitrogens is 5. The molecule has 10 heteroatoms. The van der Waals surface area contributed by atoms with Crippen LogP contribution in [0.2, 0.25) is 0 Å². The number of carbonyl (C=O) groups excluding carboxylic acids is 1.